The Morgan fingerprint density at radius 1 is 0.912 bits per heavy atom. The molecule has 9 heteroatoms. The second-order valence-electron chi connectivity index (χ2n) is 8.31. The lowest BCUT2D eigenvalue weighted by atomic mass is 9.97. The van der Waals surface area contributed by atoms with Gasteiger partial charge in [-0.25, -0.2) is 0 Å². The fourth-order valence-corrected chi connectivity index (χ4v) is 3.97. The van der Waals surface area contributed by atoms with E-state index in [0.717, 1.165) is 49.1 Å². The minimum atomic E-state index is -4.70. The van der Waals surface area contributed by atoms with Crippen LogP contribution in [0.2, 0.25) is 0 Å². The summed E-state index contributed by atoms with van der Waals surface area (Å²) >= 11 is 0. The molecule has 1 unspecified atom stereocenters. The van der Waals surface area contributed by atoms with E-state index in [1.165, 1.54) is 0 Å². The molecular formula is C25H25F3N4O2. The number of carbonyl (C=O) groups is 1. The van der Waals surface area contributed by atoms with Gasteiger partial charge >= 0.3 is 6.18 Å². The number of nitrogens with zero attached hydrogens (tertiary/aromatic N) is 2. The van der Waals surface area contributed by atoms with E-state index in [2.05, 4.69) is 22.2 Å². The zero-order valence-corrected chi connectivity index (χ0v) is 18.6. The SMILES string of the molecule is CN1CCN(c2ccc(C(NC(=O)c3ccc(C(F)(F)F)[nH]c3=O)c3ccccc3)cc2)CC1. The van der Waals surface area contributed by atoms with Gasteiger partial charge in [0.25, 0.3) is 11.5 Å². The molecule has 1 amide bonds. The van der Waals surface area contributed by atoms with Gasteiger partial charge in [0.1, 0.15) is 11.3 Å². The van der Waals surface area contributed by atoms with Crippen molar-refractivity contribution in [2.24, 2.45) is 0 Å². The van der Waals surface area contributed by atoms with Crippen molar-refractivity contribution in [2.75, 3.05) is 38.1 Å². The van der Waals surface area contributed by atoms with Crippen LogP contribution in [0.15, 0.2) is 71.5 Å². The first kappa shape index (κ1) is 23.6. The average molecular weight is 470 g/mol. The van der Waals surface area contributed by atoms with Crippen LogP contribution in [0.25, 0.3) is 0 Å². The van der Waals surface area contributed by atoms with Gasteiger partial charge in [-0.05, 0) is 42.4 Å². The van der Waals surface area contributed by atoms with Crippen LogP contribution >= 0.6 is 0 Å². The normalized spacial score (nSPS) is 15.7. The van der Waals surface area contributed by atoms with E-state index in [9.17, 15) is 22.8 Å². The fraction of sp³-hybridized carbons (Fsp3) is 0.280. The fourth-order valence-electron chi connectivity index (χ4n) is 3.97. The maximum absolute atomic E-state index is 12.9. The first-order chi connectivity index (χ1) is 16.2. The second kappa shape index (κ2) is 9.72. The highest BCUT2D eigenvalue weighted by atomic mass is 19.4. The lowest BCUT2D eigenvalue weighted by Gasteiger charge is -2.34. The van der Waals surface area contributed by atoms with Gasteiger partial charge in [-0.2, -0.15) is 13.2 Å². The lowest BCUT2D eigenvalue weighted by molar-refractivity contribution is -0.141. The molecule has 1 atom stereocenters. The summed E-state index contributed by atoms with van der Waals surface area (Å²) < 4.78 is 38.6. The largest absolute Gasteiger partial charge is 0.431 e. The number of carbonyl (C=O) groups excluding carboxylic acids is 1. The molecular weight excluding hydrogens is 445 g/mol. The van der Waals surface area contributed by atoms with E-state index in [-0.39, 0.29) is 5.56 Å². The minimum absolute atomic E-state index is 0.386. The molecule has 6 nitrogen and oxygen atoms in total. The highest BCUT2D eigenvalue weighted by Gasteiger charge is 2.32. The number of likely N-dealkylation sites (N-methyl/N-ethyl adjacent to an activating group) is 1. The predicted octanol–water partition coefficient (Wildman–Crippen LogP) is 3.66. The topological polar surface area (TPSA) is 68.4 Å². The van der Waals surface area contributed by atoms with E-state index in [1.807, 2.05) is 54.6 Å². The van der Waals surface area contributed by atoms with Crippen LogP contribution in [-0.2, 0) is 6.18 Å². The van der Waals surface area contributed by atoms with E-state index in [4.69, 9.17) is 0 Å². The van der Waals surface area contributed by atoms with E-state index in [0.29, 0.717) is 6.07 Å². The number of hydrogen-bond acceptors (Lipinski definition) is 4. The van der Waals surface area contributed by atoms with Crippen LogP contribution < -0.4 is 15.8 Å². The number of alkyl halides is 3. The molecule has 3 aromatic rings. The molecule has 0 spiro atoms. The van der Waals surface area contributed by atoms with Crippen molar-refractivity contribution >= 4 is 11.6 Å². The number of amides is 1. The Morgan fingerprint density at radius 2 is 1.53 bits per heavy atom. The summed E-state index contributed by atoms with van der Waals surface area (Å²) in [5.74, 6) is -0.757. The summed E-state index contributed by atoms with van der Waals surface area (Å²) in [6.45, 7) is 3.80. The minimum Gasteiger partial charge on any atom is -0.369 e. The number of pyridine rings is 1. The van der Waals surface area contributed by atoms with Gasteiger partial charge < -0.3 is 20.1 Å². The van der Waals surface area contributed by atoms with Crippen LogP contribution in [0.1, 0.15) is 33.2 Å². The van der Waals surface area contributed by atoms with Crippen molar-refractivity contribution in [1.29, 1.82) is 0 Å². The average Bonchev–Trinajstić information content (AvgIpc) is 2.83. The van der Waals surface area contributed by atoms with E-state index >= 15 is 0 Å². The molecule has 0 saturated carbocycles. The summed E-state index contributed by atoms with van der Waals surface area (Å²) in [7, 11) is 2.09. The van der Waals surface area contributed by atoms with Gasteiger partial charge in [0, 0.05) is 31.9 Å². The van der Waals surface area contributed by atoms with Crippen molar-refractivity contribution in [3.8, 4) is 0 Å². The van der Waals surface area contributed by atoms with Gasteiger partial charge in [0.15, 0.2) is 0 Å². The third-order valence-corrected chi connectivity index (χ3v) is 5.96. The molecule has 4 rings (SSSR count). The lowest BCUT2D eigenvalue weighted by Crippen LogP contribution is -2.44. The molecule has 1 saturated heterocycles. The quantitative estimate of drug-likeness (QED) is 0.597. The Labute approximate surface area is 195 Å². The number of hydrogen-bond donors (Lipinski definition) is 2. The van der Waals surface area contributed by atoms with E-state index < -0.39 is 29.4 Å². The summed E-state index contributed by atoms with van der Waals surface area (Å²) in [5.41, 5.74) is -0.0258. The Hall–Kier alpha value is -3.59. The summed E-state index contributed by atoms with van der Waals surface area (Å²) in [5, 5.41) is 2.81. The number of aromatic nitrogens is 1. The molecule has 1 aliphatic heterocycles. The van der Waals surface area contributed by atoms with Crippen molar-refractivity contribution in [3.05, 3.63) is 99.5 Å². The zero-order chi connectivity index (χ0) is 24.3. The van der Waals surface area contributed by atoms with Crippen LogP contribution in [-0.4, -0.2) is 49.0 Å². The second-order valence-corrected chi connectivity index (χ2v) is 8.31. The van der Waals surface area contributed by atoms with Crippen LogP contribution in [0.4, 0.5) is 18.9 Å². The Balaban J connectivity index is 1.59. The third kappa shape index (κ3) is 5.31. The van der Waals surface area contributed by atoms with Gasteiger partial charge in [-0.3, -0.25) is 9.59 Å². The van der Waals surface area contributed by atoms with Gasteiger partial charge in [0.05, 0.1) is 6.04 Å². The Morgan fingerprint density at radius 3 is 2.12 bits per heavy atom. The molecule has 2 heterocycles. The smallest absolute Gasteiger partial charge is 0.369 e. The number of aromatic amines is 1. The predicted molar refractivity (Wildman–Crippen MR) is 124 cm³/mol. The molecule has 0 aliphatic carbocycles. The molecule has 0 bridgehead atoms. The molecule has 1 fully saturated rings. The summed E-state index contributed by atoms with van der Waals surface area (Å²) in [6, 6.07) is 18.0. The monoisotopic (exact) mass is 470 g/mol. The highest BCUT2D eigenvalue weighted by Crippen LogP contribution is 2.27. The van der Waals surface area contributed by atoms with Crippen molar-refractivity contribution in [1.82, 2.24) is 15.2 Å². The Kier molecular flexibility index (Phi) is 6.74. The number of benzene rings is 2. The van der Waals surface area contributed by atoms with Crippen molar-refractivity contribution in [2.45, 2.75) is 12.2 Å². The standard InChI is InChI=1S/C25H25F3N4O2/c1-31-13-15-32(16-14-31)19-9-7-18(8-10-19)22(17-5-3-2-4-6-17)30-24(34)20-11-12-21(25(26,27)28)29-23(20)33/h2-12,22H,13-16H2,1H3,(H,29,33)(H,30,34). The highest BCUT2D eigenvalue weighted by molar-refractivity contribution is 5.94. The zero-order valence-electron chi connectivity index (χ0n) is 18.6. The first-order valence-corrected chi connectivity index (χ1v) is 10.9. The number of piperazine rings is 1. The molecule has 2 aromatic carbocycles. The number of nitrogens with one attached hydrogen (secondary N) is 2. The van der Waals surface area contributed by atoms with Crippen LogP contribution in [0, 0.1) is 0 Å². The van der Waals surface area contributed by atoms with Gasteiger partial charge in [-0.15, -0.1) is 0 Å². The first-order valence-electron chi connectivity index (χ1n) is 10.9. The van der Waals surface area contributed by atoms with Crippen LogP contribution in [0.3, 0.4) is 0 Å². The molecule has 178 valence electrons. The van der Waals surface area contributed by atoms with Crippen molar-refractivity contribution in [3.63, 3.8) is 0 Å². The van der Waals surface area contributed by atoms with Crippen LogP contribution in [0.5, 0.6) is 0 Å². The maximum atomic E-state index is 12.9. The summed E-state index contributed by atoms with van der Waals surface area (Å²) in [6.07, 6.45) is -4.70. The molecule has 1 aromatic heterocycles. The number of halogens is 3. The van der Waals surface area contributed by atoms with Gasteiger partial charge in [-0.1, -0.05) is 42.5 Å². The molecule has 2 N–H and O–H groups in total. The summed E-state index contributed by atoms with van der Waals surface area (Å²) in [4.78, 5) is 31.4. The number of rotatable bonds is 5. The van der Waals surface area contributed by atoms with Crippen molar-refractivity contribution < 1.29 is 18.0 Å². The number of anilines is 1. The molecule has 1 aliphatic rings. The maximum Gasteiger partial charge on any atom is 0.431 e. The van der Waals surface area contributed by atoms with Gasteiger partial charge in [0.2, 0.25) is 0 Å². The van der Waals surface area contributed by atoms with E-state index in [1.54, 1.807) is 4.98 Å². The third-order valence-electron chi connectivity index (χ3n) is 5.96. The molecule has 0 radical (unpaired) electrons. The molecule has 34 heavy (non-hydrogen) atoms. The Bertz CT molecular complexity index is 1190. The number of H-pyrrole nitrogens is 1.